The van der Waals surface area contributed by atoms with E-state index in [0.29, 0.717) is 6.54 Å². The number of morpholine rings is 1. The minimum Gasteiger partial charge on any atom is -0.358 e. The van der Waals surface area contributed by atoms with Gasteiger partial charge in [-0.1, -0.05) is 51.1 Å². The highest BCUT2D eigenvalue weighted by Crippen LogP contribution is 2.30. The minimum absolute atomic E-state index is 0.00955. The Balaban J connectivity index is 2.16. The number of nitrogens with one attached hydrogen (secondary N) is 1. The maximum atomic E-state index is 11.8. The molecule has 1 amide bonds. The van der Waals surface area contributed by atoms with Crippen molar-refractivity contribution in [2.75, 3.05) is 6.54 Å². The van der Waals surface area contributed by atoms with Crippen LogP contribution in [0.15, 0.2) is 30.3 Å². The summed E-state index contributed by atoms with van der Waals surface area (Å²) in [5.41, 5.74) is 0.930. The largest absolute Gasteiger partial charge is 0.358 e. The molecule has 0 bridgehead atoms. The van der Waals surface area contributed by atoms with Crippen LogP contribution in [0.1, 0.15) is 32.4 Å². The van der Waals surface area contributed by atoms with Crippen LogP contribution in [-0.4, -0.2) is 18.6 Å². The summed E-state index contributed by atoms with van der Waals surface area (Å²) >= 11 is 0. The maximum absolute atomic E-state index is 11.8. The lowest BCUT2D eigenvalue weighted by molar-refractivity contribution is -0.156. The molecule has 1 aromatic rings. The number of ether oxygens (including phenoxy) is 1. The van der Waals surface area contributed by atoms with E-state index in [-0.39, 0.29) is 23.5 Å². The molecule has 1 aromatic carbocycles. The molecule has 1 heterocycles. The molecule has 1 saturated heterocycles. The molecule has 1 N–H and O–H groups in total. The van der Waals surface area contributed by atoms with Crippen molar-refractivity contribution in [1.82, 2.24) is 5.32 Å². The Kier molecular flexibility index (Phi) is 3.20. The molecule has 2 rings (SSSR count). The van der Waals surface area contributed by atoms with Gasteiger partial charge in [-0.15, -0.1) is 0 Å². The van der Waals surface area contributed by atoms with Gasteiger partial charge in [0, 0.05) is 6.54 Å². The highest BCUT2D eigenvalue weighted by atomic mass is 16.5. The van der Waals surface area contributed by atoms with E-state index in [4.69, 9.17) is 4.74 Å². The Labute approximate surface area is 102 Å². The monoisotopic (exact) mass is 233 g/mol. The molecule has 3 nitrogen and oxygen atoms in total. The lowest BCUT2D eigenvalue weighted by atomic mass is 9.87. The van der Waals surface area contributed by atoms with E-state index in [9.17, 15) is 4.79 Å². The predicted molar refractivity (Wildman–Crippen MR) is 66.5 cm³/mol. The first-order chi connectivity index (χ1) is 7.98. The predicted octanol–water partition coefficient (Wildman–Crippen LogP) is 2.29. The number of amides is 1. The van der Waals surface area contributed by atoms with Crippen LogP contribution in [0.2, 0.25) is 0 Å². The van der Waals surface area contributed by atoms with Crippen molar-refractivity contribution in [3.05, 3.63) is 35.9 Å². The summed E-state index contributed by atoms with van der Waals surface area (Å²) in [7, 11) is 0. The molecule has 0 aromatic heterocycles. The van der Waals surface area contributed by atoms with E-state index >= 15 is 0 Å². The first-order valence-electron chi connectivity index (χ1n) is 5.96. The fraction of sp³-hybridized carbons (Fsp3) is 0.500. The maximum Gasteiger partial charge on any atom is 0.249 e. The summed E-state index contributed by atoms with van der Waals surface area (Å²) in [6.07, 6.45) is -0.431. The van der Waals surface area contributed by atoms with Crippen LogP contribution in [0, 0.1) is 5.41 Å². The normalized spacial score (nSPS) is 25.5. The van der Waals surface area contributed by atoms with E-state index in [0.717, 1.165) is 5.56 Å². The molecule has 17 heavy (non-hydrogen) atoms. The molecule has 92 valence electrons. The number of benzene rings is 1. The number of carbonyl (C=O) groups is 1. The molecule has 0 unspecified atom stereocenters. The molecule has 0 saturated carbocycles. The van der Waals surface area contributed by atoms with Crippen molar-refractivity contribution < 1.29 is 9.53 Å². The Bertz CT molecular complexity index is 394. The molecule has 0 spiro atoms. The molecule has 1 fully saturated rings. The Morgan fingerprint density at radius 1 is 1.24 bits per heavy atom. The van der Waals surface area contributed by atoms with Crippen LogP contribution in [0.25, 0.3) is 0 Å². The molecule has 3 heteroatoms. The topological polar surface area (TPSA) is 38.3 Å². The average Bonchev–Trinajstić information content (AvgIpc) is 2.29. The lowest BCUT2D eigenvalue weighted by Crippen LogP contribution is -2.51. The van der Waals surface area contributed by atoms with Crippen LogP contribution in [0.3, 0.4) is 0 Å². The van der Waals surface area contributed by atoms with Crippen molar-refractivity contribution in [3.8, 4) is 0 Å². The van der Waals surface area contributed by atoms with Gasteiger partial charge in [0.05, 0.1) is 0 Å². The van der Waals surface area contributed by atoms with Gasteiger partial charge in [-0.2, -0.15) is 0 Å². The van der Waals surface area contributed by atoms with Crippen molar-refractivity contribution in [2.24, 2.45) is 5.41 Å². The van der Waals surface area contributed by atoms with Crippen molar-refractivity contribution >= 4 is 5.91 Å². The number of hydrogen-bond acceptors (Lipinski definition) is 2. The Morgan fingerprint density at radius 3 is 2.47 bits per heavy atom. The van der Waals surface area contributed by atoms with Gasteiger partial charge in [-0.25, -0.2) is 0 Å². The molecule has 1 aliphatic rings. The zero-order valence-electron chi connectivity index (χ0n) is 10.6. The van der Waals surface area contributed by atoms with Gasteiger partial charge in [-0.05, 0) is 11.0 Å². The number of hydrogen-bond donors (Lipinski definition) is 1. The first-order valence-corrected chi connectivity index (χ1v) is 5.96. The van der Waals surface area contributed by atoms with Crippen molar-refractivity contribution in [1.29, 1.82) is 0 Å². The zero-order valence-corrected chi connectivity index (χ0v) is 10.6. The third-order valence-electron chi connectivity index (χ3n) is 2.96. The van der Waals surface area contributed by atoms with E-state index in [1.807, 2.05) is 51.1 Å². The van der Waals surface area contributed by atoms with Crippen LogP contribution in [0.5, 0.6) is 0 Å². The van der Waals surface area contributed by atoms with Crippen LogP contribution in [0.4, 0.5) is 0 Å². The van der Waals surface area contributed by atoms with E-state index in [1.165, 1.54) is 0 Å². The third-order valence-corrected chi connectivity index (χ3v) is 2.96. The van der Waals surface area contributed by atoms with Gasteiger partial charge < -0.3 is 10.1 Å². The summed E-state index contributed by atoms with van der Waals surface area (Å²) in [6, 6.07) is 10.0. The van der Waals surface area contributed by atoms with E-state index < -0.39 is 0 Å². The summed E-state index contributed by atoms with van der Waals surface area (Å²) in [5, 5.41) is 2.92. The second kappa shape index (κ2) is 4.49. The highest BCUT2D eigenvalue weighted by Gasteiger charge is 2.38. The van der Waals surface area contributed by atoms with Gasteiger partial charge in [0.25, 0.3) is 0 Å². The third kappa shape index (κ3) is 2.67. The standard InChI is InChI=1S/C14H19NO2/c1-14(2,3)12-13(16)15-9-11(17-12)10-7-5-4-6-8-10/h4-8,11-12H,9H2,1-3H3,(H,15,16)/t11-,12+/m0/s1. The van der Waals surface area contributed by atoms with Gasteiger partial charge >= 0.3 is 0 Å². The van der Waals surface area contributed by atoms with Crippen molar-refractivity contribution in [3.63, 3.8) is 0 Å². The lowest BCUT2D eigenvalue weighted by Gasteiger charge is -2.37. The minimum atomic E-state index is -0.388. The average molecular weight is 233 g/mol. The summed E-state index contributed by atoms with van der Waals surface area (Å²) in [5.74, 6) is -0.00955. The van der Waals surface area contributed by atoms with Crippen molar-refractivity contribution in [2.45, 2.75) is 33.0 Å². The van der Waals surface area contributed by atoms with Gasteiger partial charge in [0.2, 0.25) is 5.91 Å². The molecule has 2 atom stereocenters. The second-order valence-electron chi connectivity index (χ2n) is 5.53. The zero-order chi connectivity index (χ0) is 12.5. The van der Waals surface area contributed by atoms with E-state index in [2.05, 4.69) is 5.32 Å². The van der Waals surface area contributed by atoms with Gasteiger partial charge in [0.15, 0.2) is 0 Å². The Morgan fingerprint density at radius 2 is 1.88 bits per heavy atom. The summed E-state index contributed by atoms with van der Waals surface area (Å²) < 4.78 is 5.94. The molecular formula is C14H19NO2. The molecule has 0 radical (unpaired) electrons. The first kappa shape index (κ1) is 12.1. The van der Waals surface area contributed by atoms with E-state index in [1.54, 1.807) is 0 Å². The van der Waals surface area contributed by atoms with Gasteiger partial charge in [-0.3, -0.25) is 4.79 Å². The van der Waals surface area contributed by atoms with Crippen LogP contribution < -0.4 is 5.32 Å². The quantitative estimate of drug-likeness (QED) is 0.808. The highest BCUT2D eigenvalue weighted by molar-refractivity contribution is 5.82. The Hall–Kier alpha value is -1.35. The summed E-state index contributed by atoms with van der Waals surface area (Å²) in [6.45, 7) is 6.61. The van der Waals surface area contributed by atoms with Crippen LogP contribution in [-0.2, 0) is 9.53 Å². The fourth-order valence-corrected chi connectivity index (χ4v) is 2.02. The smallest absolute Gasteiger partial charge is 0.249 e. The number of rotatable bonds is 1. The summed E-state index contributed by atoms with van der Waals surface area (Å²) in [4.78, 5) is 11.8. The fourth-order valence-electron chi connectivity index (χ4n) is 2.02. The number of carbonyl (C=O) groups excluding carboxylic acids is 1. The van der Waals surface area contributed by atoms with Gasteiger partial charge in [0.1, 0.15) is 12.2 Å². The van der Waals surface area contributed by atoms with Crippen LogP contribution >= 0.6 is 0 Å². The molecule has 1 aliphatic heterocycles. The second-order valence-corrected chi connectivity index (χ2v) is 5.53. The molecular weight excluding hydrogens is 214 g/mol. The molecule has 0 aliphatic carbocycles. The SMILES string of the molecule is CC(C)(C)[C@@H]1O[C@H](c2ccccc2)CNC1=O.